The second-order valence-electron chi connectivity index (χ2n) is 5.30. The Morgan fingerprint density at radius 3 is 2.60 bits per heavy atom. The molecule has 1 fully saturated rings. The fourth-order valence-corrected chi connectivity index (χ4v) is 3.31. The Balaban J connectivity index is 2.12. The number of benzene rings is 1. The molecule has 2 rings (SSSR count). The summed E-state index contributed by atoms with van der Waals surface area (Å²) in [4.78, 5) is 2.12. The highest BCUT2D eigenvalue weighted by Crippen LogP contribution is 2.30. The molecular formula is C13H21N3O3S. The van der Waals surface area contributed by atoms with Crippen molar-refractivity contribution in [3.05, 3.63) is 18.2 Å². The van der Waals surface area contributed by atoms with Crippen molar-refractivity contribution in [2.45, 2.75) is 23.8 Å². The number of anilines is 2. The van der Waals surface area contributed by atoms with Crippen molar-refractivity contribution in [3.63, 3.8) is 0 Å². The molecule has 0 bridgehead atoms. The summed E-state index contributed by atoms with van der Waals surface area (Å²) in [5, 5.41) is 9.29. The quantitative estimate of drug-likeness (QED) is 0.683. The molecule has 7 heteroatoms. The summed E-state index contributed by atoms with van der Waals surface area (Å²) >= 11 is 0. The van der Waals surface area contributed by atoms with Crippen molar-refractivity contribution in [2.24, 2.45) is 5.92 Å². The number of hydrogen-bond donors (Lipinski definition) is 3. The third kappa shape index (κ3) is 3.05. The van der Waals surface area contributed by atoms with E-state index in [1.54, 1.807) is 12.1 Å². The molecule has 1 aliphatic carbocycles. The molecule has 1 aromatic carbocycles. The number of rotatable bonds is 5. The molecule has 0 spiro atoms. The molecule has 1 aromatic rings. The molecule has 0 heterocycles. The zero-order valence-electron chi connectivity index (χ0n) is 11.7. The summed E-state index contributed by atoms with van der Waals surface area (Å²) in [7, 11) is -0.228. The van der Waals surface area contributed by atoms with Gasteiger partial charge in [0.2, 0.25) is 10.0 Å². The Hall–Kier alpha value is -1.31. The zero-order valence-corrected chi connectivity index (χ0v) is 12.5. The van der Waals surface area contributed by atoms with Gasteiger partial charge in [0.15, 0.2) is 0 Å². The lowest BCUT2D eigenvalue weighted by atomic mass is 9.82. The molecular weight excluding hydrogens is 278 g/mol. The molecule has 0 aromatic heterocycles. The molecule has 0 amide bonds. The van der Waals surface area contributed by atoms with Gasteiger partial charge in [0, 0.05) is 19.3 Å². The predicted molar refractivity (Wildman–Crippen MR) is 79.1 cm³/mol. The minimum Gasteiger partial charge on any atom is -0.398 e. The molecule has 1 aliphatic rings. The van der Waals surface area contributed by atoms with Gasteiger partial charge in [-0.25, -0.2) is 13.1 Å². The summed E-state index contributed by atoms with van der Waals surface area (Å²) in [6.45, 7) is 0.828. The second-order valence-corrected chi connectivity index (χ2v) is 7.16. The van der Waals surface area contributed by atoms with Crippen LogP contribution in [0.1, 0.15) is 12.8 Å². The molecule has 0 radical (unpaired) electrons. The number of hydrogen-bond acceptors (Lipinski definition) is 5. The highest BCUT2D eigenvalue weighted by atomic mass is 32.2. The van der Waals surface area contributed by atoms with Crippen molar-refractivity contribution in [1.82, 2.24) is 4.72 Å². The van der Waals surface area contributed by atoms with Gasteiger partial charge in [-0.1, -0.05) is 0 Å². The third-order valence-corrected chi connectivity index (χ3v) is 5.22. The standard InChI is InChI=1S/C13H21N3O3S/c1-15-20(18,19)13-4-3-10(7-12(13)14)16(2)8-9-5-11(17)6-9/h3-4,7,9,11,15,17H,5-6,8,14H2,1-2H3. The Bertz CT molecular complexity index is 583. The number of sulfonamides is 1. The van der Waals surface area contributed by atoms with Crippen molar-refractivity contribution in [2.75, 3.05) is 31.3 Å². The number of aliphatic hydroxyl groups excluding tert-OH is 1. The Morgan fingerprint density at radius 1 is 1.45 bits per heavy atom. The number of nitrogens with zero attached hydrogens (tertiary/aromatic N) is 1. The molecule has 20 heavy (non-hydrogen) atoms. The van der Waals surface area contributed by atoms with Crippen LogP contribution < -0.4 is 15.4 Å². The van der Waals surface area contributed by atoms with Gasteiger partial charge in [-0.3, -0.25) is 0 Å². The van der Waals surface area contributed by atoms with Crippen LogP contribution in [0.2, 0.25) is 0 Å². The Labute approximate surface area is 119 Å². The van der Waals surface area contributed by atoms with E-state index in [-0.39, 0.29) is 16.7 Å². The van der Waals surface area contributed by atoms with Crippen molar-refractivity contribution < 1.29 is 13.5 Å². The van der Waals surface area contributed by atoms with Crippen LogP contribution in [0.3, 0.4) is 0 Å². The lowest BCUT2D eigenvalue weighted by Gasteiger charge is -2.35. The molecule has 0 atom stereocenters. The lowest BCUT2D eigenvalue weighted by Crippen LogP contribution is -2.37. The van der Waals surface area contributed by atoms with E-state index in [1.165, 1.54) is 13.1 Å². The van der Waals surface area contributed by atoms with Crippen LogP contribution in [0.25, 0.3) is 0 Å². The van der Waals surface area contributed by atoms with Gasteiger partial charge >= 0.3 is 0 Å². The molecule has 6 nitrogen and oxygen atoms in total. The van der Waals surface area contributed by atoms with Crippen LogP contribution in [0, 0.1) is 5.92 Å². The lowest BCUT2D eigenvalue weighted by molar-refractivity contribution is 0.0465. The summed E-state index contributed by atoms with van der Waals surface area (Å²) < 4.78 is 25.7. The van der Waals surface area contributed by atoms with Crippen LogP contribution in [0.5, 0.6) is 0 Å². The van der Waals surface area contributed by atoms with E-state index in [0.29, 0.717) is 5.92 Å². The van der Waals surface area contributed by atoms with E-state index in [1.807, 2.05) is 11.9 Å². The first-order chi connectivity index (χ1) is 9.33. The first-order valence-corrected chi connectivity index (χ1v) is 8.04. The van der Waals surface area contributed by atoms with Crippen LogP contribution in [0.4, 0.5) is 11.4 Å². The maximum atomic E-state index is 11.7. The number of nitrogen functional groups attached to an aromatic ring is 1. The van der Waals surface area contributed by atoms with Crippen LogP contribution >= 0.6 is 0 Å². The van der Waals surface area contributed by atoms with Crippen LogP contribution in [-0.2, 0) is 10.0 Å². The predicted octanol–water partition coefficient (Wildman–Crippen LogP) is 0.384. The van der Waals surface area contributed by atoms with Gasteiger partial charge in [-0.15, -0.1) is 0 Å². The van der Waals surface area contributed by atoms with Gasteiger partial charge in [-0.2, -0.15) is 0 Å². The van der Waals surface area contributed by atoms with Crippen molar-refractivity contribution in [3.8, 4) is 0 Å². The van der Waals surface area contributed by atoms with Gasteiger partial charge in [0.1, 0.15) is 4.90 Å². The smallest absolute Gasteiger partial charge is 0.242 e. The minimum absolute atomic E-state index is 0.0937. The fraction of sp³-hybridized carbons (Fsp3) is 0.538. The van der Waals surface area contributed by atoms with Crippen molar-refractivity contribution >= 4 is 21.4 Å². The fourth-order valence-electron chi connectivity index (χ4n) is 2.47. The summed E-state index contributed by atoms with van der Waals surface area (Å²) in [5.41, 5.74) is 6.94. The van der Waals surface area contributed by atoms with Crippen molar-refractivity contribution in [1.29, 1.82) is 0 Å². The average molecular weight is 299 g/mol. The van der Waals surface area contributed by atoms with Crippen LogP contribution in [-0.4, -0.2) is 40.3 Å². The molecule has 0 unspecified atom stereocenters. The SMILES string of the molecule is CNS(=O)(=O)c1ccc(N(C)CC2CC(O)C2)cc1N. The van der Waals surface area contributed by atoms with Gasteiger partial charge in [-0.05, 0) is 44.0 Å². The highest BCUT2D eigenvalue weighted by Gasteiger charge is 2.28. The molecule has 0 aliphatic heterocycles. The van der Waals surface area contributed by atoms with Gasteiger partial charge in [0.05, 0.1) is 11.8 Å². The monoisotopic (exact) mass is 299 g/mol. The van der Waals surface area contributed by atoms with Gasteiger partial charge in [0.25, 0.3) is 0 Å². The van der Waals surface area contributed by atoms with E-state index >= 15 is 0 Å². The van der Waals surface area contributed by atoms with E-state index in [2.05, 4.69) is 4.72 Å². The Morgan fingerprint density at radius 2 is 2.10 bits per heavy atom. The van der Waals surface area contributed by atoms with Gasteiger partial charge < -0.3 is 15.7 Å². The average Bonchev–Trinajstić information content (AvgIpc) is 2.36. The molecule has 1 saturated carbocycles. The highest BCUT2D eigenvalue weighted by molar-refractivity contribution is 7.89. The van der Waals surface area contributed by atoms with Crippen LogP contribution in [0.15, 0.2) is 23.1 Å². The van der Waals surface area contributed by atoms with E-state index in [4.69, 9.17) is 5.73 Å². The van der Waals surface area contributed by atoms with E-state index in [9.17, 15) is 13.5 Å². The van der Waals surface area contributed by atoms with E-state index < -0.39 is 10.0 Å². The summed E-state index contributed by atoms with van der Waals surface area (Å²) in [5.74, 6) is 0.483. The normalized spacial score (nSPS) is 22.4. The number of nitrogens with two attached hydrogens (primary N) is 1. The maximum Gasteiger partial charge on any atom is 0.242 e. The molecule has 112 valence electrons. The summed E-state index contributed by atoms with van der Waals surface area (Å²) in [6, 6.07) is 4.93. The Kier molecular flexibility index (Phi) is 4.22. The zero-order chi connectivity index (χ0) is 14.9. The molecule has 0 saturated heterocycles. The number of nitrogens with one attached hydrogen (secondary N) is 1. The minimum atomic E-state index is -3.52. The summed E-state index contributed by atoms with van der Waals surface area (Å²) in [6.07, 6.45) is 1.49. The second kappa shape index (κ2) is 5.59. The first-order valence-electron chi connectivity index (χ1n) is 6.55. The topological polar surface area (TPSA) is 95.7 Å². The number of aliphatic hydroxyl groups is 1. The molecule has 4 N–H and O–H groups in total. The van der Waals surface area contributed by atoms with E-state index in [0.717, 1.165) is 25.1 Å². The third-order valence-electron chi connectivity index (χ3n) is 3.74. The maximum absolute atomic E-state index is 11.7. The first kappa shape index (κ1) is 15.1. The largest absolute Gasteiger partial charge is 0.398 e.